The molecule has 1 aromatic carbocycles. The third-order valence-corrected chi connectivity index (χ3v) is 4.26. The second-order valence-corrected chi connectivity index (χ2v) is 6.89. The van der Waals surface area contributed by atoms with E-state index in [1.54, 1.807) is 18.2 Å². The first-order valence-corrected chi connectivity index (χ1v) is 9.78. The summed E-state index contributed by atoms with van der Waals surface area (Å²) in [7, 11) is -4.00. The first-order chi connectivity index (χ1) is 10.5. The SMILES string of the molecule is O=S(=O)(O)c1ccccc1.[CH2-]CCCCCCCCCCC.[Li+]. The van der Waals surface area contributed by atoms with Gasteiger partial charge in [0, 0.05) is 0 Å². The summed E-state index contributed by atoms with van der Waals surface area (Å²) in [6.45, 7) is 6.12. The molecule has 0 spiro atoms. The van der Waals surface area contributed by atoms with Crippen LogP contribution in [0, 0.1) is 6.92 Å². The molecule has 0 unspecified atom stereocenters. The van der Waals surface area contributed by atoms with E-state index >= 15 is 0 Å². The van der Waals surface area contributed by atoms with Crippen molar-refractivity contribution in [2.75, 3.05) is 0 Å². The van der Waals surface area contributed by atoms with Crippen LogP contribution in [-0.2, 0) is 10.1 Å². The van der Waals surface area contributed by atoms with Gasteiger partial charge < -0.3 is 6.92 Å². The van der Waals surface area contributed by atoms with E-state index in [1.165, 1.54) is 69.9 Å². The van der Waals surface area contributed by atoms with Crippen LogP contribution >= 0.6 is 0 Å². The summed E-state index contributed by atoms with van der Waals surface area (Å²) in [4.78, 5) is -0.0741. The molecule has 0 aliphatic rings. The van der Waals surface area contributed by atoms with Crippen LogP contribution in [0.15, 0.2) is 35.2 Å². The van der Waals surface area contributed by atoms with Crippen molar-refractivity contribution in [3.8, 4) is 0 Å². The summed E-state index contributed by atoms with van der Waals surface area (Å²) in [5.41, 5.74) is 0. The topological polar surface area (TPSA) is 54.4 Å². The predicted octanol–water partition coefficient (Wildman–Crippen LogP) is 2.68. The van der Waals surface area contributed by atoms with Crippen LogP contribution in [-0.4, -0.2) is 13.0 Å². The fourth-order valence-corrected chi connectivity index (χ4v) is 2.58. The molecule has 1 rings (SSSR count). The van der Waals surface area contributed by atoms with Crippen LogP contribution < -0.4 is 18.9 Å². The smallest absolute Gasteiger partial charge is 0.343 e. The fraction of sp³-hybridized carbons (Fsp3) is 0.611. The van der Waals surface area contributed by atoms with Gasteiger partial charge in [0.1, 0.15) is 0 Å². The second kappa shape index (κ2) is 16.6. The maximum absolute atomic E-state index is 10.4. The average Bonchev–Trinajstić information content (AvgIpc) is 2.51. The zero-order valence-electron chi connectivity index (χ0n) is 14.8. The van der Waals surface area contributed by atoms with Crippen LogP contribution in [0.5, 0.6) is 0 Å². The van der Waals surface area contributed by atoms with Gasteiger partial charge in [0.05, 0.1) is 4.90 Å². The molecule has 0 fully saturated rings. The Morgan fingerprint density at radius 2 is 1.30 bits per heavy atom. The van der Waals surface area contributed by atoms with Crippen LogP contribution in [0.2, 0.25) is 0 Å². The van der Waals surface area contributed by atoms with E-state index in [9.17, 15) is 8.42 Å². The molecule has 0 aliphatic carbocycles. The van der Waals surface area contributed by atoms with Gasteiger partial charge in [-0.2, -0.15) is 14.8 Å². The van der Waals surface area contributed by atoms with Gasteiger partial charge in [-0.05, 0) is 12.1 Å². The van der Waals surface area contributed by atoms with Crippen LogP contribution in [0.4, 0.5) is 0 Å². The third kappa shape index (κ3) is 16.4. The molecule has 0 radical (unpaired) electrons. The fourth-order valence-electron chi connectivity index (χ4n) is 2.08. The van der Waals surface area contributed by atoms with Crippen molar-refractivity contribution in [2.24, 2.45) is 0 Å². The van der Waals surface area contributed by atoms with Gasteiger partial charge in [0.15, 0.2) is 0 Å². The van der Waals surface area contributed by atoms with Gasteiger partial charge in [-0.1, -0.05) is 82.9 Å². The summed E-state index contributed by atoms with van der Waals surface area (Å²) in [6.07, 6.45) is 13.9. The first kappa shape index (κ1) is 25.0. The molecule has 1 N–H and O–H groups in total. The van der Waals surface area contributed by atoms with Crippen molar-refractivity contribution >= 4 is 10.1 Å². The van der Waals surface area contributed by atoms with Gasteiger partial charge in [-0.25, -0.2) is 0 Å². The van der Waals surface area contributed by atoms with Gasteiger partial charge in [0.25, 0.3) is 10.1 Å². The Bertz CT molecular complexity index is 437. The molecule has 1 aromatic rings. The zero-order chi connectivity index (χ0) is 16.7. The van der Waals surface area contributed by atoms with Crippen LogP contribution in [0.1, 0.15) is 71.1 Å². The first-order valence-electron chi connectivity index (χ1n) is 8.34. The molecule has 0 aliphatic heterocycles. The number of hydrogen-bond acceptors (Lipinski definition) is 2. The van der Waals surface area contributed by atoms with E-state index < -0.39 is 10.1 Å². The Balaban J connectivity index is 0. The number of unbranched alkanes of at least 4 members (excludes halogenated alkanes) is 9. The molecular weight excluding hydrogens is 303 g/mol. The third-order valence-electron chi connectivity index (χ3n) is 3.39. The maximum Gasteiger partial charge on any atom is 1.00 e. The molecular formula is C18H31LiO3S. The monoisotopic (exact) mass is 334 g/mol. The standard InChI is InChI=1S/C12H25.C6H6O3S.Li/c1-3-5-7-9-11-12-10-8-6-4-2;7-10(8,9)6-4-2-1-3-5-6;/h1,3-12H2,2H3;1-5H,(H,7,8,9);/q-1;;+1. The van der Waals surface area contributed by atoms with E-state index in [0.717, 1.165) is 6.42 Å². The van der Waals surface area contributed by atoms with Gasteiger partial charge in [-0.15, -0.1) is 0 Å². The molecule has 0 heterocycles. The predicted molar refractivity (Wildman–Crippen MR) is 93.5 cm³/mol. The Morgan fingerprint density at radius 3 is 1.65 bits per heavy atom. The Hall–Kier alpha value is -0.273. The van der Waals surface area contributed by atoms with Crippen molar-refractivity contribution in [1.82, 2.24) is 0 Å². The molecule has 0 aromatic heterocycles. The van der Waals surface area contributed by atoms with E-state index in [0.29, 0.717) is 0 Å². The van der Waals surface area contributed by atoms with E-state index in [-0.39, 0.29) is 23.8 Å². The number of hydrogen-bond donors (Lipinski definition) is 1. The van der Waals surface area contributed by atoms with Crippen molar-refractivity contribution in [3.05, 3.63) is 37.3 Å². The average molecular weight is 334 g/mol. The molecule has 0 atom stereocenters. The van der Waals surface area contributed by atoms with E-state index in [1.807, 2.05) is 0 Å². The number of benzene rings is 1. The zero-order valence-corrected chi connectivity index (χ0v) is 15.7. The minimum Gasteiger partial charge on any atom is -0.343 e. The van der Waals surface area contributed by atoms with Crippen molar-refractivity contribution in [3.63, 3.8) is 0 Å². The molecule has 0 bridgehead atoms. The van der Waals surface area contributed by atoms with E-state index in [4.69, 9.17) is 4.55 Å². The summed E-state index contributed by atoms with van der Waals surface area (Å²) >= 11 is 0. The molecule has 0 saturated carbocycles. The Morgan fingerprint density at radius 1 is 0.870 bits per heavy atom. The molecule has 3 nitrogen and oxygen atoms in total. The molecule has 5 heteroatoms. The summed E-state index contributed by atoms with van der Waals surface area (Å²) < 4.78 is 29.2. The van der Waals surface area contributed by atoms with Crippen LogP contribution in [0.3, 0.4) is 0 Å². The molecule has 0 amide bonds. The van der Waals surface area contributed by atoms with Gasteiger partial charge in [0.2, 0.25) is 0 Å². The van der Waals surface area contributed by atoms with Crippen molar-refractivity contribution in [1.29, 1.82) is 0 Å². The number of rotatable bonds is 10. The molecule has 128 valence electrons. The normalized spacial score (nSPS) is 10.4. The van der Waals surface area contributed by atoms with Crippen LogP contribution in [0.25, 0.3) is 0 Å². The minimum atomic E-state index is -4.00. The summed E-state index contributed by atoms with van der Waals surface area (Å²) in [5, 5.41) is 0. The maximum atomic E-state index is 10.4. The van der Waals surface area contributed by atoms with Crippen molar-refractivity contribution in [2.45, 2.75) is 76.0 Å². The second-order valence-electron chi connectivity index (χ2n) is 5.47. The quantitative estimate of drug-likeness (QED) is 0.310. The Labute approximate surface area is 155 Å². The molecule has 23 heavy (non-hydrogen) atoms. The largest absolute Gasteiger partial charge is 1.00 e. The van der Waals surface area contributed by atoms with Crippen molar-refractivity contribution < 1.29 is 31.8 Å². The van der Waals surface area contributed by atoms with Gasteiger partial charge in [-0.3, -0.25) is 4.55 Å². The van der Waals surface area contributed by atoms with Gasteiger partial charge >= 0.3 is 18.9 Å². The summed E-state index contributed by atoms with van der Waals surface area (Å²) in [5.74, 6) is 0. The summed E-state index contributed by atoms with van der Waals surface area (Å²) in [6, 6.07) is 7.42. The van der Waals surface area contributed by atoms with E-state index in [2.05, 4.69) is 13.8 Å². The molecule has 0 saturated heterocycles. The Kier molecular flexibility index (Phi) is 18.0. The minimum absolute atomic E-state index is 0.